The van der Waals surface area contributed by atoms with Crippen LogP contribution in [0, 0.1) is 12.7 Å². The van der Waals surface area contributed by atoms with Crippen LogP contribution in [0.15, 0.2) is 18.3 Å². The molecular weight excluding hydrogens is 317 g/mol. The number of rotatable bonds is 3. The van der Waals surface area contributed by atoms with Gasteiger partial charge in [0, 0.05) is 5.56 Å². The summed E-state index contributed by atoms with van der Waals surface area (Å²) in [5.41, 5.74) is 7.06. The molecule has 0 saturated carbocycles. The van der Waals surface area contributed by atoms with Crippen LogP contribution in [0.2, 0.25) is 0 Å². The van der Waals surface area contributed by atoms with Crippen molar-refractivity contribution < 1.29 is 17.9 Å². The Labute approximate surface area is 126 Å². The van der Waals surface area contributed by atoms with Gasteiger partial charge in [-0.1, -0.05) is 11.3 Å². The van der Waals surface area contributed by atoms with Gasteiger partial charge in [-0.3, -0.25) is 0 Å². The Balaban J connectivity index is 2.12. The molecule has 3 aromatic rings. The van der Waals surface area contributed by atoms with Gasteiger partial charge >= 0.3 is 6.61 Å². The fourth-order valence-electron chi connectivity index (χ4n) is 2.00. The van der Waals surface area contributed by atoms with Crippen molar-refractivity contribution in [2.75, 3.05) is 5.73 Å². The summed E-state index contributed by atoms with van der Waals surface area (Å²) >= 11 is 1.02. The lowest BCUT2D eigenvalue weighted by molar-refractivity contribution is -0.0536. The lowest BCUT2D eigenvalue weighted by Crippen LogP contribution is -2.06. The van der Waals surface area contributed by atoms with Gasteiger partial charge in [-0.2, -0.15) is 8.78 Å². The molecule has 0 spiro atoms. The van der Waals surface area contributed by atoms with Gasteiger partial charge in [0.1, 0.15) is 11.5 Å². The molecule has 0 unspecified atom stereocenters. The zero-order valence-electron chi connectivity index (χ0n) is 11.2. The molecule has 0 atom stereocenters. The lowest BCUT2D eigenvalue weighted by Gasteiger charge is -2.08. The first-order valence-corrected chi connectivity index (χ1v) is 6.90. The van der Waals surface area contributed by atoms with E-state index in [0.29, 0.717) is 21.5 Å². The molecule has 0 saturated heterocycles. The first-order valence-electron chi connectivity index (χ1n) is 6.09. The number of alkyl halides is 2. The third kappa shape index (κ3) is 2.54. The Bertz CT molecular complexity index is 853. The van der Waals surface area contributed by atoms with Crippen molar-refractivity contribution in [2.24, 2.45) is 0 Å². The highest BCUT2D eigenvalue weighted by atomic mass is 32.1. The highest BCUT2D eigenvalue weighted by Crippen LogP contribution is 2.34. The highest BCUT2D eigenvalue weighted by molar-refractivity contribution is 7.22. The largest absolute Gasteiger partial charge is 0.415 e. The molecule has 3 rings (SSSR count). The Morgan fingerprint density at radius 1 is 1.27 bits per heavy atom. The maximum absolute atomic E-state index is 13.8. The second-order valence-corrected chi connectivity index (χ2v) is 5.38. The summed E-state index contributed by atoms with van der Waals surface area (Å²) in [6.45, 7) is -1.49. The Morgan fingerprint density at radius 2 is 2.05 bits per heavy atom. The van der Waals surface area contributed by atoms with Gasteiger partial charge in [0.15, 0.2) is 5.13 Å². The van der Waals surface area contributed by atoms with Gasteiger partial charge in [0.2, 0.25) is 5.88 Å². The van der Waals surface area contributed by atoms with E-state index in [-0.39, 0.29) is 16.7 Å². The topological polar surface area (TPSA) is 73.9 Å². The summed E-state index contributed by atoms with van der Waals surface area (Å²) in [4.78, 5) is 12.1. The number of nitrogen functional groups attached to an aromatic ring is 1. The van der Waals surface area contributed by atoms with Crippen molar-refractivity contribution in [2.45, 2.75) is 13.5 Å². The number of anilines is 1. The van der Waals surface area contributed by atoms with Crippen LogP contribution in [0.25, 0.3) is 21.5 Å². The third-order valence-electron chi connectivity index (χ3n) is 2.89. The van der Waals surface area contributed by atoms with E-state index >= 15 is 0 Å². The molecule has 2 heterocycles. The molecular formula is C13H9F3N4OS. The molecule has 22 heavy (non-hydrogen) atoms. The predicted octanol–water partition coefficient (Wildman–Crippen LogP) is 3.38. The maximum atomic E-state index is 13.8. The van der Waals surface area contributed by atoms with Crippen LogP contribution in [-0.2, 0) is 0 Å². The van der Waals surface area contributed by atoms with Crippen molar-refractivity contribution in [1.82, 2.24) is 15.0 Å². The lowest BCUT2D eigenvalue weighted by atomic mass is 10.1. The summed E-state index contributed by atoms with van der Waals surface area (Å²) in [5.74, 6) is -0.690. The molecule has 0 aliphatic carbocycles. The van der Waals surface area contributed by atoms with Crippen LogP contribution >= 0.6 is 11.3 Å². The van der Waals surface area contributed by atoms with Crippen molar-refractivity contribution in [1.29, 1.82) is 0 Å². The summed E-state index contributed by atoms with van der Waals surface area (Å²) in [7, 11) is 0. The monoisotopic (exact) mass is 326 g/mol. The zero-order valence-corrected chi connectivity index (χ0v) is 12.0. The number of ether oxygens (including phenoxy) is 1. The van der Waals surface area contributed by atoms with E-state index in [2.05, 4.69) is 19.7 Å². The first kappa shape index (κ1) is 14.5. The summed E-state index contributed by atoms with van der Waals surface area (Å²) in [5, 5.41) is 0.226. The number of benzene rings is 1. The minimum atomic E-state index is -2.98. The quantitative estimate of drug-likeness (QED) is 0.798. The van der Waals surface area contributed by atoms with E-state index < -0.39 is 12.4 Å². The van der Waals surface area contributed by atoms with E-state index in [9.17, 15) is 13.2 Å². The predicted molar refractivity (Wildman–Crippen MR) is 76.4 cm³/mol. The molecule has 0 amide bonds. The van der Waals surface area contributed by atoms with E-state index in [0.717, 1.165) is 11.3 Å². The van der Waals surface area contributed by atoms with Crippen LogP contribution in [-0.4, -0.2) is 21.6 Å². The van der Waals surface area contributed by atoms with Crippen LogP contribution in [0.3, 0.4) is 0 Å². The van der Waals surface area contributed by atoms with Crippen LogP contribution in [0.5, 0.6) is 5.88 Å². The number of hydrogen-bond donors (Lipinski definition) is 1. The Morgan fingerprint density at radius 3 is 2.73 bits per heavy atom. The van der Waals surface area contributed by atoms with Gasteiger partial charge in [-0.05, 0) is 19.1 Å². The van der Waals surface area contributed by atoms with Gasteiger partial charge in [0.25, 0.3) is 0 Å². The molecule has 0 aliphatic heterocycles. The highest BCUT2D eigenvalue weighted by Gasteiger charge is 2.16. The van der Waals surface area contributed by atoms with Crippen molar-refractivity contribution >= 4 is 26.7 Å². The summed E-state index contributed by atoms with van der Waals surface area (Å²) in [6, 6.07) is 2.77. The Kier molecular flexibility index (Phi) is 3.57. The molecule has 0 fully saturated rings. The van der Waals surface area contributed by atoms with E-state index in [1.165, 1.54) is 25.3 Å². The van der Waals surface area contributed by atoms with E-state index in [1.54, 1.807) is 0 Å². The van der Waals surface area contributed by atoms with Gasteiger partial charge in [-0.15, -0.1) is 0 Å². The molecule has 0 radical (unpaired) electrons. The maximum Gasteiger partial charge on any atom is 0.388 e. The normalized spacial score (nSPS) is 11.3. The fraction of sp³-hybridized carbons (Fsp3) is 0.154. The summed E-state index contributed by atoms with van der Waals surface area (Å²) < 4.78 is 42.8. The second-order valence-electron chi connectivity index (χ2n) is 4.35. The number of hydrogen-bond acceptors (Lipinski definition) is 6. The van der Waals surface area contributed by atoms with Crippen LogP contribution in [0.4, 0.5) is 18.3 Å². The smallest absolute Gasteiger partial charge is 0.388 e. The second kappa shape index (κ2) is 5.41. The number of halogens is 3. The SMILES string of the molecule is Cc1nc(-c2ccc(F)c3sc(N)nc23)cnc1OC(F)F. The minimum absolute atomic E-state index is 0.193. The standard InChI is InChI=1S/C13H9F3N4OS/c1-5-11(21-12(15)16)18-4-8(19-5)6-2-3-7(14)10-9(6)20-13(17)22-10/h2-4,12H,1H3,(H2,17,20). The molecule has 9 heteroatoms. The average molecular weight is 326 g/mol. The van der Waals surface area contributed by atoms with Crippen molar-refractivity contribution in [3.05, 3.63) is 29.8 Å². The number of nitrogens with zero attached hydrogens (tertiary/aromatic N) is 3. The van der Waals surface area contributed by atoms with E-state index in [4.69, 9.17) is 5.73 Å². The molecule has 2 N–H and O–H groups in total. The molecule has 5 nitrogen and oxygen atoms in total. The number of aryl methyl sites for hydroxylation is 1. The average Bonchev–Trinajstić information content (AvgIpc) is 2.84. The molecule has 114 valence electrons. The van der Waals surface area contributed by atoms with Gasteiger partial charge < -0.3 is 10.5 Å². The van der Waals surface area contributed by atoms with Gasteiger partial charge in [0.05, 0.1) is 22.1 Å². The van der Waals surface area contributed by atoms with Gasteiger partial charge in [-0.25, -0.2) is 19.3 Å². The molecule has 0 bridgehead atoms. The number of fused-ring (bicyclic) bond motifs is 1. The first-order chi connectivity index (χ1) is 10.5. The number of nitrogens with two attached hydrogens (primary N) is 1. The van der Waals surface area contributed by atoms with Crippen molar-refractivity contribution in [3.8, 4) is 17.1 Å². The molecule has 2 aromatic heterocycles. The minimum Gasteiger partial charge on any atom is -0.415 e. The zero-order chi connectivity index (χ0) is 15.9. The fourth-order valence-corrected chi connectivity index (χ4v) is 2.76. The van der Waals surface area contributed by atoms with Crippen molar-refractivity contribution in [3.63, 3.8) is 0 Å². The number of aromatic nitrogens is 3. The molecule has 1 aromatic carbocycles. The van der Waals surface area contributed by atoms with Crippen LogP contribution < -0.4 is 10.5 Å². The molecule has 0 aliphatic rings. The third-order valence-corrected chi connectivity index (χ3v) is 3.78. The summed E-state index contributed by atoms with van der Waals surface area (Å²) in [6.07, 6.45) is 1.27. The van der Waals surface area contributed by atoms with E-state index in [1.807, 2.05) is 0 Å². The van der Waals surface area contributed by atoms with Crippen LogP contribution in [0.1, 0.15) is 5.69 Å². The number of thiazole rings is 1. The Hall–Kier alpha value is -2.42.